The number of ether oxygens (including phenoxy) is 1. The van der Waals surface area contributed by atoms with E-state index < -0.39 is 28.0 Å². The number of hydrogen-bond donors (Lipinski definition) is 0. The molecule has 0 amide bonds. The van der Waals surface area contributed by atoms with Crippen molar-refractivity contribution in [2.24, 2.45) is 50.2 Å². The first-order valence-electron chi connectivity index (χ1n) is 16.4. The van der Waals surface area contributed by atoms with E-state index in [4.69, 9.17) is 4.74 Å². The number of fused-ring (bicyclic) bond motifs is 4. The van der Waals surface area contributed by atoms with Gasteiger partial charge in [-0.3, -0.25) is 9.59 Å². The third-order valence-electron chi connectivity index (χ3n) is 14.8. The maximum absolute atomic E-state index is 17.5. The molecule has 5 saturated carbocycles. The number of rotatable bonds is 1. The first kappa shape index (κ1) is 28.7. The first-order chi connectivity index (χ1) is 19.5. The number of esters is 1. The normalized spacial score (nSPS) is 49.4. The Bertz CT molecular complexity index is 1390. The quantitative estimate of drug-likeness (QED) is 0.247. The number of Topliss-reactive ketones (excluding diaryl/α,β-unsaturated/α-hetero) is 1. The molecule has 6 fully saturated rings. The Balaban J connectivity index is 1.34. The number of carbonyl (C=O) groups excluding carboxylic acids is 2. The van der Waals surface area contributed by atoms with Crippen molar-refractivity contribution < 1.29 is 23.1 Å². The Morgan fingerprint density at radius 3 is 2.21 bits per heavy atom. The molecule has 0 N–H and O–H groups in total. The molecule has 5 aliphatic carbocycles. The number of hydrogen-bond acceptors (Lipinski definition) is 3. The van der Waals surface area contributed by atoms with Gasteiger partial charge in [-0.1, -0.05) is 60.6 Å². The van der Waals surface area contributed by atoms with Crippen LogP contribution >= 0.6 is 0 Å². The van der Waals surface area contributed by atoms with Crippen molar-refractivity contribution in [2.45, 2.75) is 118 Å². The van der Waals surface area contributed by atoms with Crippen LogP contribution in [0.1, 0.15) is 112 Å². The average Bonchev–Trinajstić information content (AvgIpc) is 3.10. The van der Waals surface area contributed by atoms with E-state index in [1.165, 1.54) is 12.1 Å². The Morgan fingerprint density at radius 2 is 1.52 bits per heavy atom. The number of allylic oxidation sites excluding steroid dienone is 1. The molecule has 7 rings (SSSR count). The zero-order chi connectivity index (χ0) is 30.3. The fourth-order valence-corrected chi connectivity index (χ4v) is 12.5. The second-order valence-corrected chi connectivity index (χ2v) is 17.3. The minimum Gasteiger partial charge on any atom is -0.455 e. The van der Waals surface area contributed by atoms with Gasteiger partial charge in [-0.25, -0.2) is 8.78 Å². The summed E-state index contributed by atoms with van der Waals surface area (Å²) in [5, 5.41) is 0. The smallest absolute Gasteiger partial charge is 0.313 e. The molecule has 228 valence electrons. The van der Waals surface area contributed by atoms with Gasteiger partial charge in [-0.15, -0.1) is 0 Å². The minimum atomic E-state index is -1.23. The predicted molar refractivity (Wildman–Crippen MR) is 159 cm³/mol. The Labute approximate surface area is 250 Å². The molecule has 6 aliphatic rings. The summed E-state index contributed by atoms with van der Waals surface area (Å²) in [6.45, 7) is 15.7. The third kappa shape index (κ3) is 3.22. The molecule has 1 aromatic carbocycles. The number of benzene rings is 1. The highest BCUT2D eigenvalue weighted by molar-refractivity contribution is 6.04. The number of alkyl halides is 1. The molecule has 3 nitrogen and oxygen atoms in total. The fourth-order valence-electron chi connectivity index (χ4n) is 12.5. The third-order valence-corrected chi connectivity index (χ3v) is 14.8. The summed E-state index contributed by atoms with van der Waals surface area (Å²) < 4.78 is 37.7. The van der Waals surface area contributed by atoms with Crippen molar-refractivity contribution in [1.29, 1.82) is 0 Å². The van der Waals surface area contributed by atoms with Crippen molar-refractivity contribution in [1.82, 2.24) is 0 Å². The van der Waals surface area contributed by atoms with Crippen LogP contribution in [0.2, 0.25) is 0 Å². The number of halogens is 2. The van der Waals surface area contributed by atoms with E-state index in [9.17, 15) is 14.0 Å². The average molecular weight is 579 g/mol. The van der Waals surface area contributed by atoms with Gasteiger partial charge < -0.3 is 4.74 Å². The van der Waals surface area contributed by atoms with Crippen molar-refractivity contribution in [2.75, 3.05) is 0 Å². The molecule has 2 bridgehead atoms. The lowest BCUT2D eigenvalue weighted by Gasteiger charge is -2.74. The summed E-state index contributed by atoms with van der Waals surface area (Å²) in [6.07, 6.45) is 7.71. The van der Waals surface area contributed by atoms with Crippen LogP contribution in [0.25, 0.3) is 6.08 Å². The van der Waals surface area contributed by atoms with E-state index in [-0.39, 0.29) is 51.6 Å². The van der Waals surface area contributed by atoms with Crippen LogP contribution in [0.5, 0.6) is 0 Å². The van der Waals surface area contributed by atoms with E-state index >= 15 is 4.39 Å². The van der Waals surface area contributed by atoms with E-state index in [0.717, 1.165) is 56.1 Å². The molecule has 1 heterocycles. The van der Waals surface area contributed by atoms with Gasteiger partial charge in [0.05, 0.1) is 5.41 Å². The largest absolute Gasteiger partial charge is 0.455 e. The highest BCUT2D eigenvalue weighted by atomic mass is 19.1. The number of ketones is 1. The lowest BCUT2D eigenvalue weighted by molar-refractivity contribution is -0.299. The van der Waals surface area contributed by atoms with Crippen molar-refractivity contribution in [3.63, 3.8) is 0 Å². The molecule has 0 aromatic heterocycles. The fraction of sp³-hybridized carbons (Fsp3) is 0.730. The van der Waals surface area contributed by atoms with Gasteiger partial charge in [0.1, 0.15) is 12.0 Å². The Hall–Kier alpha value is -2.04. The maximum atomic E-state index is 17.5. The van der Waals surface area contributed by atoms with Crippen LogP contribution in [0.15, 0.2) is 29.8 Å². The molecule has 42 heavy (non-hydrogen) atoms. The Morgan fingerprint density at radius 1 is 0.857 bits per heavy atom. The van der Waals surface area contributed by atoms with E-state index in [2.05, 4.69) is 48.5 Å². The minimum absolute atomic E-state index is 0.0433. The lowest BCUT2D eigenvalue weighted by atomic mass is 9.30. The summed E-state index contributed by atoms with van der Waals surface area (Å²) in [5.74, 6) is -0.187. The van der Waals surface area contributed by atoms with Gasteiger partial charge in [0.15, 0.2) is 11.4 Å². The second kappa shape index (κ2) is 8.36. The molecule has 1 saturated heterocycles. The summed E-state index contributed by atoms with van der Waals surface area (Å²) in [7, 11) is 0. The SMILES string of the molecule is CC1(C)CC[C@@]23CC[C@]4(C)[C@](OC2=O)([C@H](F)C[C@@H]2[C@@]5(C)C/C(=C\c6ccc(F)cc6)C(=O)C(C)(C)[C@@H]5CC[C@]24C)[C@@H]3C1. The van der Waals surface area contributed by atoms with Gasteiger partial charge in [0, 0.05) is 16.7 Å². The summed E-state index contributed by atoms with van der Waals surface area (Å²) in [6, 6.07) is 6.31. The molecule has 1 aromatic rings. The summed E-state index contributed by atoms with van der Waals surface area (Å²) in [4.78, 5) is 27.8. The second-order valence-electron chi connectivity index (χ2n) is 17.3. The van der Waals surface area contributed by atoms with Gasteiger partial charge in [-0.05, 0) is 115 Å². The number of carbonyl (C=O) groups is 2. The highest BCUT2D eigenvalue weighted by Crippen LogP contribution is 2.81. The standard InChI is InChI=1S/C37H48F2O3/c1-31(2)14-16-36-17-15-35(7)34(6)13-12-25-32(3,4)29(40)23(18-22-8-10-24(38)11-9-22)20-33(25,5)26(34)19-28(39)37(35,27(36)21-31)42-30(36)41/h8-11,18,25-28H,12-17,19-21H2,1-7H3/b23-18+/t25-,26+,27+,28+,33-,34+,35-,36-,37+/m0/s1. The highest BCUT2D eigenvalue weighted by Gasteiger charge is 2.84. The molecule has 9 atom stereocenters. The maximum Gasteiger partial charge on any atom is 0.313 e. The molecule has 0 unspecified atom stereocenters. The summed E-state index contributed by atoms with van der Waals surface area (Å²) >= 11 is 0. The van der Waals surface area contributed by atoms with Crippen LogP contribution in [-0.4, -0.2) is 23.5 Å². The zero-order valence-corrected chi connectivity index (χ0v) is 26.5. The monoisotopic (exact) mass is 578 g/mol. The van der Waals surface area contributed by atoms with Gasteiger partial charge >= 0.3 is 5.97 Å². The van der Waals surface area contributed by atoms with Crippen LogP contribution in [-0.2, 0) is 14.3 Å². The molecular formula is C37H48F2O3. The first-order valence-corrected chi connectivity index (χ1v) is 16.4. The van der Waals surface area contributed by atoms with Gasteiger partial charge in [-0.2, -0.15) is 0 Å². The molecule has 0 radical (unpaired) electrons. The predicted octanol–water partition coefficient (Wildman–Crippen LogP) is 8.90. The van der Waals surface area contributed by atoms with Crippen molar-refractivity contribution >= 4 is 17.8 Å². The molecular weight excluding hydrogens is 530 g/mol. The van der Waals surface area contributed by atoms with E-state index in [0.29, 0.717) is 12.8 Å². The van der Waals surface area contributed by atoms with E-state index in [1.807, 2.05) is 6.08 Å². The van der Waals surface area contributed by atoms with Gasteiger partial charge in [0.2, 0.25) is 0 Å². The zero-order valence-electron chi connectivity index (χ0n) is 26.5. The van der Waals surface area contributed by atoms with E-state index in [1.54, 1.807) is 12.1 Å². The van der Waals surface area contributed by atoms with Crippen LogP contribution in [0.3, 0.4) is 0 Å². The molecule has 5 heteroatoms. The summed E-state index contributed by atoms with van der Waals surface area (Å²) in [5.41, 5.74) is -1.59. The Kier molecular flexibility index (Phi) is 5.71. The van der Waals surface area contributed by atoms with Crippen molar-refractivity contribution in [3.05, 3.63) is 41.2 Å². The van der Waals surface area contributed by atoms with Gasteiger partial charge in [0.25, 0.3) is 0 Å². The topological polar surface area (TPSA) is 43.4 Å². The van der Waals surface area contributed by atoms with Crippen LogP contribution in [0, 0.1) is 56.1 Å². The van der Waals surface area contributed by atoms with Crippen LogP contribution in [0.4, 0.5) is 8.78 Å². The molecule has 1 spiro atoms. The van der Waals surface area contributed by atoms with Crippen LogP contribution < -0.4 is 0 Å². The van der Waals surface area contributed by atoms with Crippen molar-refractivity contribution in [3.8, 4) is 0 Å². The molecule has 1 aliphatic heterocycles. The lowest BCUT2D eigenvalue weighted by Crippen LogP contribution is -2.75.